The SMILES string of the molecule is CN=C(NCC1CCCCN1Cc1ccccc1)N1CCC(OCC2CCCCO2)CC1.I. The highest BCUT2D eigenvalue weighted by Gasteiger charge is 2.26. The fraction of sp³-hybridized carbons (Fsp3) is 0.731. The van der Waals surface area contributed by atoms with Gasteiger partial charge in [-0.2, -0.15) is 0 Å². The minimum Gasteiger partial charge on any atom is -0.376 e. The zero-order valence-corrected chi connectivity index (χ0v) is 22.6. The maximum absolute atomic E-state index is 6.19. The summed E-state index contributed by atoms with van der Waals surface area (Å²) in [6.07, 6.45) is 10.3. The summed E-state index contributed by atoms with van der Waals surface area (Å²) in [5, 5.41) is 3.70. The fourth-order valence-corrected chi connectivity index (χ4v) is 5.28. The van der Waals surface area contributed by atoms with Gasteiger partial charge >= 0.3 is 0 Å². The molecule has 0 aromatic heterocycles. The molecule has 0 amide bonds. The molecule has 186 valence electrons. The van der Waals surface area contributed by atoms with Crippen molar-refractivity contribution < 1.29 is 9.47 Å². The van der Waals surface area contributed by atoms with Crippen LogP contribution in [-0.4, -0.2) is 80.4 Å². The Hall–Kier alpha value is -0.900. The Labute approximate surface area is 217 Å². The first-order chi connectivity index (χ1) is 15.8. The Morgan fingerprint density at radius 3 is 2.55 bits per heavy atom. The molecule has 33 heavy (non-hydrogen) atoms. The summed E-state index contributed by atoms with van der Waals surface area (Å²) in [6.45, 7) is 6.87. The molecule has 2 unspecified atom stereocenters. The van der Waals surface area contributed by atoms with Gasteiger partial charge in [-0.15, -0.1) is 24.0 Å². The lowest BCUT2D eigenvalue weighted by atomic mass is 10.0. The number of nitrogens with zero attached hydrogens (tertiary/aromatic N) is 3. The van der Waals surface area contributed by atoms with Crippen molar-refractivity contribution in [3.8, 4) is 0 Å². The van der Waals surface area contributed by atoms with Gasteiger partial charge in [0, 0.05) is 45.9 Å². The van der Waals surface area contributed by atoms with Crippen LogP contribution < -0.4 is 5.32 Å². The number of halogens is 1. The number of likely N-dealkylation sites (tertiary alicyclic amines) is 2. The standard InChI is InChI=1S/C26H42N4O2.HI/c1-27-26(29-16-13-24(14-17-29)32-21-25-12-6-8-18-31-25)28-19-23-11-5-7-15-30(23)20-22-9-3-2-4-10-22;/h2-4,9-10,23-25H,5-8,11-21H2,1H3,(H,27,28);1H. The van der Waals surface area contributed by atoms with E-state index in [9.17, 15) is 0 Å². The first kappa shape index (κ1) is 26.7. The number of benzene rings is 1. The van der Waals surface area contributed by atoms with Gasteiger partial charge in [0.2, 0.25) is 0 Å². The Morgan fingerprint density at radius 2 is 1.82 bits per heavy atom. The Bertz CT molecular complexity index is 691. The van der Waals surface area contributed by atoms with Crippen LogP contribution in [0.1, 0.15) is 56.9 Å². The molecule has 2 atom stereocenters. The molecule has 3 heterocycles. The lowest BCUT2D eigenvalue weighted by Gasteiger charge is -2.38. The van der Waals surface area contributed by atoms with Crippen molar-refractivity contribution in [3.63, 3.8) is 0 Å². The van der Waals surface area contributed by atoms with Crippen molar-refractivity contribution >= 4 is 29.9 Å². The second kappa shape index (κ2) is 14.5. The van der Waals surface area contributed by atoms with E-state index >= 15 is 0 Å². The van der Waals surface area contributed by atoms with E-state index in [4.69, 9.17) is 9.47 Å². The smallest absolute Gasteiger partial charge is 0.193 e. The second-order valence-electron chi connectivity index (χ2n) is 9.54. The quantitative estimate of drug-likeness (QED) is 0.301. The van der Waals surface area contributed by atoms with Gasteiger partial charge in [-0.05, 0) is 57.1 Å². The lowest BCUT2D eigenvalue weighted by Crippen LogP contribution is -2.51. The van der Waals surface area contributed by atoms with Gasteiger partial charge in [-0.3, -0.25) is 9.89 Å². The average molecular weight is 571 g/mol. The summed E-state index contributed by atoms with van der Waals surface area (Å²) in [4.78, 5) is 9.65. The van der Waals surface area contributed by atoms with Gasteiger partial charge in [-0.1, -0.05) is 36.8 Å². The molecule has 0 spiro atoms. The zero-order valence-electron chi connectivity index (χ0n) is 20.3. The van der Waals surface area contributed by atoms with E-state index in [1.807, 2.05) is 7.05 Å². The minimum atomic E-state index is 0. The van der Waals surface area contributed by atoms with Crippen molar-refractivity contribution in [2.45, 2.75) is 76.2 Å². The van der Waals surface area contributed by atoms with Gasteiger partial charge < -0.3 is 19.7 Å². The fourth-order valence-electron chi connectivity index (χ4n) is 5.28. The number of hydrogen-bond acceptors (Lipinski definition) is 4. The van der Waals surface area contributed by atoms with Crippen LogP contribution in [0.5, 0.6) is 0 Å². The highest BCUT2D eigenvalue weighted by atomic mass is 127. The summed E-state index contributed by atoms with van der Waals surface area (Å²) in [5.41, 5.74) is 1.41. The molecule has 1 N–H and O–H groups in total. The van der Waals surface area contributed by atoms with Crippen LogP contribution in [0.2, 0.25) is 0 Å². The predicted octanol–water partition coefficient (Wildman–Crippen LogP) is 4.28. The average Bonchev–Trinajstić information content (AvgIpc) is 2.86. The van der Waals surface area contributed by atoms with E-state index in [2.05, 4.69) is 50.4 Å². The van der Waals surface area contributed by atoms with E-state index in [1.165, 1.54) is 44.2 Å². The van der Waals surface area contributed by atoms with Crippen molar-refractivity contribution in [3.05, 3.63) is 35.9 Å². The highest BCUT2D eigenvalue weighted by molar-refractivity contribution is 14.0. The monoisotopic (exact) mass is 570 g/mol. The van der Waals surface area contributed by atoms with Crippen LogP contribution in [0.4, 0.5) is 0 Å². The van der Waals surface area contributed by atoms with Gasteiger partial charge in [0.1, 0.15) is 0 Å². The number of piperidine rings is 2. The van der Waals surface area contributed by atoms with Crippen LogP contribution in [0, 0.1) is 0 Å². The first-order valence-corrected chi connectivity index (χ1v) is 12.8. The maximum atomic E-state index is 6.19. The number of guanidine groups is 1. The largest absolute Gasteiger partial charge is 0.376 e. The summed E-state index contributed by atoms with van der Waals surface area (Å²) in [7, 11) is 1.91. The number of ether oxygens (including phenoxy) is 2. The van der Waals surface area contributed by atoms with Crippen LogP contribution >= 0.6 is 24.0 Å². The molecule has 3 saturated heterocycles. The summed E-state index contributed by atoms with van der Waals surface area (Å²) in [5.74, 6) is 1.05. The molecule has 4 rings (SSSR count). The zero-order chi connectivity index (χ0) is 22.0. The molecule has 3 fully saturated rings. The molecule has 0 radical (unpaired) electrons. The maximum Gasteiger partial charge on any atom is 0.193 e. The third-order valence-electron chi connectivity index (χ3n) is 7.22. The van der Waals surface area contributed by atoms with Gasteiger partial charge in [0.15, 0.2) is 5.96 Å². The molecule has 0 saturated carbocycles. The van der Waals surface area contributed by atoms with Crippen LogP contribution in [-0.2, 0) is 16.0 Å². The highest BCUT2D eigenvalue weighted by Crippen LogP contribution is 2.20. The topological polar surface area (TPSA) is 49.3 Å². The molecular formula is C26H43IN4O2. The van der Waals surface area contributed by atoms with Gasteiger partial charge in [-0.25, -0.2) is 0 Å². The predicted molar refractivity (Wildman–Crippen MR) is 145 cm³/mol. The van der Waals surface area contributed by atoms with Gasteiger partial charge in [0.25, 0.3) is 0 Å². The molecule has 1 aromatic carbocycles. The number of hydrogen-bond donors (Lipinski definition) is 1. The van der Waals surface area contributed by atoms with Crippen molar-refractivity contribution in [2.24, 2.45) is 4.99 Å². The molecule has 3 aliphatic heterocycles. The number of nitrogens with one attached hydrogen (secondary N) is 1. The minimum absolute atomic E-state index is 0. The van der Waals surface area contributed by atoms with Gasteiger partial charge in [0.05, 0.1) is 18.8 Å². The Balaban J connectivity index is 0.00000306. The van der Waals surface area contributed by atoms with E-state index < -0.39 is 0 Å². The second-order valence-corrected chi connectivity index (χ2v) is 9.54. The molecule has 0 bridgehead atoms. The lowest BCUT2D eigenvalue weighted by molar-refractivity contribution is -0.0721. The summed E-state index contributed by atoms with van der Waals surface area (Å²) >= 11 is 0. The Kier molecular flexibility index (Phi) is 11.7. The van der Waals surface area contributed by atoms with Crippen LogP contribution in [0.3, 0.4) is 0 Å². The first-order valence-electron chi connectivity index (χ1n) is 12.8. The third kappa shape index (κ3) is 8.37. The molecule has 7 heteroatoms. The molecular weight excluding hydrogens is 527 g/mol. The van der Waals surface area contributed by atoms with Crippen molar-refractivity contribution in [1.82, 2.24) is 15.1 Å². The summed E-state index contributed by atoms with van der Waals surface area (Å²) < 4.78 is 12.0. The van der Waals surface area contributed by atoms with E-state index in [0.29, 0.717) is 18.2 Å². The Morgan fingerprint density at radius 1 is 1.03 bits per heavy atom. The van der Waals surface area contributed by atoms with E-state index in [-0.39, 0.29) is 24.0 Å². The van der Waals surface area contributed by atoms with Crippen LogP contribution in [0.25, 0.3) is 0 Å². The van der Waals surface area contributed by atoms with E-state index in [0.717, 1.165) is 64.6 Å². The summed E-state index contributed by atoms with van der Waals surface area (Å²) in [6, 6.07) is 11.4. The molecule has 3 aliphatic rings. The normalized spacial score (nSPS) is 25.5. The van der Waals surface area contributed by atoms with E-state index in [1.54, 1.807) is 0 Å². The third-order valence-corrected chi connectivity index (χ3v) is 7.22. The molecule has 1 aromatic rings. The van der Waals surface area contributed by atoms with Crippen molar-refractivity contribution in [2.75, 3.05) is 46.4 Å². The number of aliphatic imine (C=N–C) groups is 1. The molecule has 6 nitrogen and oxygen atoms in total. The molecule has 0 aliphatic carbocycles. The van der Waals surface area contributed by atoms with Crippen molar-refractivity contribution in [1.29, 1.82) is 0 Å². The number of rotatable bonds is 7. The van der Waals surface area contributed by atoms with Crippen LogP contribution in [0.15, 0.2) is 35.3 Å².